The van der Waals surface area contributed by atoms with Crippen molar-refractivity contribution in [1.82, 2.24) is 5.43 Å². The number of carbonyl (C=O) groups excluding carboxylic acids is 1. The number of fused-ring (bicyclic) bond motifs is 2. The van der Waals surface area contributed by atoms with Crippen LogP contribution in [0.3, 0.4) is 0 Å². The van der Waals surface area contributed by atoms with Crippen molar-refractivity contribution >= 4 is 22.9 Å². The highest BCUT2D eigenvalue weighted by Crippen LogP contribution is 2.38. The molecule has 160 valence electrons. The molecule has 1 heterocycles. The fourth-order valence-electron chi connectivity index (χ4n) is 3.30. The fourth-order valence-corrected chi connectivity index (χ4v) is 3.30. The van der Waals surface area contributed by atoms with E-state index >= 15 is 0 Å². The van der Waals surface area contributed by atoms with Gasteiger partial charge in [0.1, 0.15) is 6.61 Å². The zero-order valence-corrected chi connectivity index (χ0v) is 17.4. The molecule has 8 nitrogen and oxygen atoms in total. The first-order valence-corrected chi connectivity index (χ1v) is 9.58. The van der Waals surface area contributed by atoms with Crippen LogP contribution in [0.5, 0.6) is 28.7 Å². The van der Waals surface area contributed by atoms with E-state index in [9.17, 15) is 4.79 Å². The highest BCUT2D eigenvalue weighted by atomic mass is 16.6. The molecule has 1 aliphatic rings. The Morgan fingerprint density at radius 2 is 1.65 bits per heavy atom. The van der Waals surface area contributed by atoms with Crippen molar-refractivity contribution in [3.8, 4) is 28.7 Å². The number of nitrogens with one attached hydrogen (secondary N) is 1. The lowest BCUT2D eigenvalue weighted by molar-refractivity contribution is -0.130. The highest BCUT2D eigenvalue weighted by molar-refractivity contribution is 5.88. The maximum absolute atomic E-state index is 12.5. The minimum absolute atomic E-state index is 0.0941. The number of methoxy groups -OCH3 is 3. The number of hydrogen-bond donors (Lipinski definition) is 1. The second kappa shape index (κ2) is 8.83. The third-order valence-electron chi connectivity index (χ3n) is 4.84. The maximum atomic E-state index is 12.5. The summed E-state index contributed by atoms with van der Waals surface area (Å²) in [5.41, 5.74) is 3.14. The van der Waals surface area contributed by atoms with E-state index in [0.29, 0.717) is 34.3 Å². The first-order valence-electron chi connectivity index (χ1n) is 9.58. The molecule has 0 saturated heterocycles. The summed E-state index contributed by atoms with van der Waals surface area (Å²) < 4.78 is 27.5. The summed E-state index contributed by atoms with van der Waals surface area (Å²) in [6.45, 7) is 0.0941. The van der Waals surface area contributed by atoms with Crippen molar-refractivity contribution < 1.29 is 28.5 Å². The Kier molecular flexibility index (Phi) is 5.79. The van der Waals surface area contributed by atoms with Gasteiger partial charge >= 0.3 is 0 Å². The zero-order chi connectivity index (χ0) is 21.8. The molecule has 31 heavy (non-hydrogen) atoms. The normalized spacial score (nSPS) is 15.0. The lowest BCUT2D eigenvalue weighted by atomic mass is 10.1. The first-order chi connectivity index (χ1) is 15.1. The monoisotopic (exact) mass is 422 g/mol. The molecule has 0 unspecified atom stereocenters. The van der Waals surface area contributed by atoms with E-state index in [1.165, 1.54) is 27.5 Å². The number of carbonyl (C=O) groups is 1. The minimum Gasteiger partial charge on any atom is -0.493 e. The average molecular weight is 422 g/mol. The smallest absolute Gasteiger partial charge is 0.284 e. The molecular weight excluding hydrogens is 400 g/mol. The van der Waals surface area contributed by atoms with Crippen molar-refractivity contribution in [3.05, 3.63) is 54.1 Å². The van der Waals surface area contributed by atoms with Crippen molar-refractivity contribution in [2.75, 3.05) is 27.9 Å². The minimum atomic E-state index is -0.814. The lowest BCUT2D eigenvalue weighted by Gasteiger charge is -2.25. The van der Waals surface area contributed by atoms with Crippen LogP contribution in [0.4, 0.5) is 0 Å². The Morgan fingerprint density at radius 1 is 1.00 bits per heavy atom. The molecular formula is C23H22N2O6. The van der Waals surface area contributed by atoms with E-state index in [-0.39, 0.29) is 6.61 Å². The molecule has 0 saturated carbocycles. The predicted molar refractivity (Wildman–Crippen MR) is 116 cm³/mol. The number of hydrogen-bond acceptors (Lipinski definition) is 7. The van der Waals surface area contributed by atoms with Crippen LogP contribution < -0.4 is 29.1 Å². The third kappa shape index (κ3) is 4.18. The number of hydrazone groups is 1. The summed E-state index contributed by atoms with van der Waals surface area (Å²) in [6.07, 6.45) is 0.666. The molecule has 1 atom stereocenters. The molecule has 0 aliphatic carbocycles. The third-order valence-corrected chi connectivity index (χ3v) is 4.84. The number of ether oxygens (including phenoxy) is 5. The molecule has 0 bridgehead atoms. The SMILES string of the molecule is COc1cc(C=NNC(=O)[C@H]2COc3cc4ccccc4cc3O2)cc(OC)c1OC. The highest BCUT2D eigenvalue weighted by Gasteiger charge is 2.27. The number of amides is 1. The Labute approximate surface area is 179 Å². The van der Waals surface area contributed by atoms with Crippen LogP contribution in [-0.4, -0.2) is 46.2 Å². The predicted octanol–water partition coefficient (Wildman–Crippen LogP) is 3.16. The molecule has 0 spiro atoms. The second-order valence-corrected chi connectivity index (χ2v) is 6.76. The van der Waals surface area contributed by atoms with E-state index in [1.54, 1.807) is 12.1 Å². The average Bonchev–Trinajstić information content (AvgIpc) is 2.81. The van der Waals surface area contributed by atoms with E-state index in [1.807, 2.05) is 36.4 Å². The Balaban J connectivity index is 1.45. The molecule has 4 rings (SSSR count). The van der Waals surface area contributed by atoms with Gasteiger partial charge in [0, 0.05) is 5.56 Å². The second-order valence-electron chi connectivity index (χ2n) is 6.76. The molecule has 3 aromatic rings. The van der Waals surface area contributed by atoms with Crippen molar-refractivity contribution in [2.45, 2.75) is 6.10 Å². The van der Waals surface area contributed by atoms with E-state index in [2.05, 4.69) is 10.5 Å². The van der Waals surface area contributed by atoms with Gasteiger partial charge in [-0.1, -0.05) is 24.3 Å². The van der Waals surface area contributed by atoms with Gasteiger partial charge in [-0.05, 0) is 35.0 Å². The molecule has 3 aromatic carbocycles. The van der Waals surface area contributed by atoms with Crippen molar-refractivity contribution in [2.24, 2.45) is 5.10 Å². The van der Waals surface area contributed by atoms with Crippen LogP contribution in [-0.2, 0) is 4.79 Å². The van der Waals surface area contributed by atoms with Gasteiger partial charge in [-0.3, -0.25) is 4.79 Å². The molecule has 0 radical (unpaired) electrons. The summed E-state index contributed by atoms with van der Waals surface area (Å²) >= 11 is 0. The molecule has 0 aromatic heterocycles. The van der Waals surface area contributed by atoms with Gasteiger partial charge in [0.25, 0.3) is 5.91 Å². The quantitative estimate of drug-likeness (QED) is 0.485. The van der Waals surface area contributed by atoms with Gasteiger partial charge in [0.15, 0.2) is 23.0 Å². The first kappa shape index (κ1) is 20.3. The van der Waals surface area contributed by atoms with Crippen molar-refractivity contribution in [1.29, 1.82) is 0 Å². The molecule has 1 amide bonds. The fraction of sp³-hybridized carbons (Fsp3) is 0.217. The Bertz CT molecular complexity index is 1120. The van der Waals surface area contributed by atoms with Gasteiger partial charge in [0.2, 0.25) is 11.9 Å². The Hall–Kier alpha value is -3.94. The lowest BCUT2D eigenvalue weighted by Crippen LogP contribution is -2.42. The maximum Gasteiger partial charge on any atom is 0.284 e. The molecule has 8 heteroatoms. The summed E-state index contributed by atoms with van der Waals surface area (Å²) in [5, 5.41) is 6.07. The van der Waals surface area contributed by atoms with Gasteiger partial charge in [-0.25, -0.2) is 5.43 Å². The molecule has 1 N–H and O–H groups in total. The molecule has 1 aliphatic heterocycles. The number of rotatable bonds is 6. The van der Waals surface area contributed by atoms with Crippen LogP contribution in [0.2, 0.25) is 0 Å². The summed E-state index contributed by atoms with van der Waals surface area (Å²) in [4.78, 5) is 12.5. The van der Waals surface area contributed by atoms with Crippen LogP contribution in [0, 0.1) is 0 Å². The van der Waals surface area contributed by atoms with Crippen molar-refractivity contribution in [3.63, 3.8) is 0 Å². The van der Waals surface area contributed by atoms with Crippen LogP contribution in [0.1, 0.15) is 5.56 Å². The molecule has 0 fully saturated rings. The van der Waals surface area contributed by atoms with E-state index in [0.717, 1.165) is 10.8 Å². The summed E-state index contributed by atoms with van der Waals surface area (Å²) in [6, 6.07) is 15.1. The van der Waals surface area contributed by atoms with Gasteiger partial charge in [0.05, 0.1) is 27.5 Å². The summed E-state index contributed by atoms with van der Waals surface area (Å²) in [5.74, 6) is 2.18. The summed E-state index contributed by atoms with van der Waals surface area (Å²) in [7, 11) is 4.59. The van der Waals surface area contributed by atoms with Crippen LogP contribution in [0.15, 0.2) is 53.6 Å². The largest absolute Gasteiger partial charge is 0.493 e. The van der Waals surface area contributed by atoms with E-state index < -0.39 is 12.0 Å². The van der Waals surface area contributed by atoms with Gasteiger partial charge in [-0.2, -0.15) is 5.10 Å². The number of benzene rings is 3. The Morgan fingerprint density at radius 3 is 2.26 bits per heavy atom. The topological polar surface area (TPSA) is 87.6 Å². The van der Waals surface area contributed by atoms with E-state index in [4.69, 9.17) is 23.7 Å². The zero-order valence-electron chi connectivity index (χ0n) is 17.4. The van der Waals surface area contributed by atoms with Crippen LogP contribution >= 0.6 is 0 Å². The van der Waals surface area contributed by atoms with Gasteiger partial charge < -0.3 is 23.7 Å². The number of nitrogens with zero attached hydrogens (tertiary/aromatic N) is 1. The standard InChI is InChI=1S/C23H22N2O6/c1-27-19-8-14(9-20(28-2)22(19)29-3)12-24-25-23(26)21-13-30-17-10-15-6-4-5-7-16(15)11-18(17)31-21/h4-12,21H,13H2,1-3H3,(H,25,26)/t21-/m1/s1. The van der Waals surface area contributed by atoms with Crippen LogP contribution in [0.25, 0.3) is 10.8 Å². The van der Waals surface area contributed by atoms with Gasteiger partial charge in [-0.15, -0.1) is 0 Å².